The van der Waals surface area contributed by atoms with Gasteiger partial charge in [0.2, 0.25) is 0 Å². The van der Waals surface area contributed by atoms with Crippen molar-refractivity contribution in [2.45, 2.75) is 0 Å². The summed E-state index contributed by atoms with van der Waals surface area (Å²) >= 11 is 3.42. The predicted molar refractivity (Wildman–Crippen MR) is 54.9 cm³/mol. The van der Waals surface area contributed by atoms with Crippen LogP contribution in [-0.2, 0) is 4.79 Å². The molecule has 0 spiro atoms. The van der Waals surface area contributed by atoms with E-state index in [9.17, 15) is 9.59 Å². The zero-order valence-corrected chi connectivity index (χ0v) is 8.15. The Balaban J connectivity index is 0.000000292. The van der Waals surface area contributed by atoms with Crippen LogP contribution in [0.15, 0.2) is 30.3 Å². The third kappa shape index (κ3) is 6.07. The Kier molecular flexibility index (Phi) is 6.22. The zero-order chi connectivity index (χ0) is 11.0. The maximum Gasteiger partial charge on any atom is 0.335 e. The van der Waals surface area contributed by atoms with E-state index in [2.05, 4.69) is 12.6 Å². The molecule has 0 unspecified atom stereocenters. The summed E-state index contributed by atoms with van der Waals surface area (Å²) in [7, 11) is 0. The van der Waals surface area contributed by atoms with E-state index in [0.717, 1.165) is 0 Å². The van der Waals surface area contributed by atoms with Crippen LogP contribution in [0.3, 0.4) is 0 Å². The van der Waals surface area contributed by atoms with Crippen molar-refractivity contribution in [1.82, 2.24) is 0 Å². The molecule has 0 atom stereocenters. The lowest BCUT2D eigenvalue weighted by Crippen LogP contribution is -1.93. The van der Waals surface area contributed by atoms with Crippen LogP contribution in [0, 0.1) is 0 Å². The van der Waals surface area contributed by atoms with Crippen LogP contribution in [0.2, 0.25) is 0 Å². The molecule has 0 amide bonds. The molecule has 14 heavy (non-hydrogen) atoms. The lowest BCUT2D eigenvalue weighted by Gasteiger charge is -1.88. The lowest BCUT2D eigenvalue weighted by atomic mass is 10.2. The van der Waals surface area contributed by atoms with Crippen LogP contribution in [-0.4, -0.2) is 27.9 Å². The number of aliphatic carboxylic acids is 1. The van der Waals surface area contributed by atoms with E-state index in [4.69, 9.17) is 10.2 Å². The molecule has 0 aliphatic carbocycles. The van der Waals surface area contributed by atoms with Crippen molar-refractivity contribution in [3.8, 4) is 0 Å². The van der Waals surface area contributed by atoms with Gasteiger partial charge in [0, 0.05) is 0 Å². The molecule has 0 bridgehead atoms. The molecule has 1 rings (SSSR count). The summed E-state index contributed by atoms with van der Waals surface area (Å²) in [5, 5.41) is 16.0. The third-order valence-electron chi connectivity index (χ3n) is 1.16. The molecule has 5 heteroatoms. The van der Waals surface area contributed by atoms with Gasteiger partial charge in [-0.25, -0.2) is 4.79 Å². The second-order valence-corrected chi connectivity index (χ2v) is 2.54. The van der Waals surface area contributed by atoms with Gasteiger partial charge in [-0.1, -0.05) is 18.2 Å². The highest BCUT2D eigenvalue weighted by molar-refractivity contribution is 7.81. The number of carboxylic acids is 2. The first-order valence-electron chi connectivity index (χ1n) is 3.69. The Morgan fingerprint density at radius 1 is 1.14 bits per heavy atom. The van der Waals surface area contributed by atoms with Gasteiger partial charge in [0.15, 0.2) is 0 Å². The average Bonchev–Trinajstić information content (AvgIpc) is 2.20. The summed E-state index contributed by atoms with van der Waals surface area (Å²) in [4.78, 5) is 19.5. The second-order valence-electron chi connectivity index (χ2n) is 2.22. The van der Waals surface area contributed by atoms with E-state index in [0.29, 0.717) is 5.56 Å². The van der Waals surface area contributed by atoms with Crippen LogP contribution >= 0.6 is 12.6 Å². The molecule has 0 aromatic heterocycles. The van der Waals surface area contributed by atoms with E-state index in [1.807, 2.05) is 0 Å². The monoisotopic (exact) mass is 214 g/mol. The molecular formula is C9H10O4S. The largest absolute Gasteiger partial charge is 0.481 e. The highest BCUT2D eigenvalue weighted by Crippen LogP contribution is 1.96. The summed E-state index contributed by atoms with van der Waals surface area (Å²) in [6.45, 7) is 0. The van der Waals surface area contributed by atoms with Gasteiger partial charge in [0.1, 0.15) is 0 Å². The third-order valence-corrected chi connectivity index (χ3v) is 1.43. The predicted octanol–water partition coefficient (Wildman–Crippen LogP) is 1.39. The van der Waals surface area contributed by atoms with Crippen LogP contribution in [0.4, 0.5) is 0 Å². The lowest BCUT2D eigenvalue weighted by molar-refractivity contribution is -0.133. The van der Waals surface area contributed by atoms with Crippen molar-refractivity contribution < 1.29 is 19.8 Å². The van der Waals surface area contributed by atoms with Gasteiger partial charge in [-0.15, -0.1) is 0 Å². The molecule has 0 radical (unpaired) electrons. The van der Waals surface area contributed by atoms with Crippen molar-refractivity contribution in [1.29, 1.82) is 0 Å². The zero-order valence-electron chi connectivity index (χ0n) is 7.25. The van der Waals surface area contributed by atoms with E-state index in [1.165, 1.54) is 0 Å². The normalized spacial score (nSPS) is 8.36. The Bertz CT molecular complexity index is 297. The number of benzene rings is 1. The fraction of sp³-hybridized carbons (Fsp3) is 0.111. The Hall–Kier alpha value is -1.49. The molecule has 4 nitrogen and oxygen atoms in total. The van der Waals surface area contributed by atoms with Crippen molar-refractivity contribution in [2.24, 2.45) is 0 Å². The van der Waals surface area contributed by atoms with Crippen LogP contribution < -0.4 is 0 Å². The molecule has 1 aromatic carbocycles. The fourth-order valence-corrected chi connectivity index (χ4v) is 0.581. The maximum atomic E-state index is 10.2. The molecule has 0 fully saturated rings. The van der Waals surface area contributed by atoms with Gasteiger partial charge >= 0.3 is 11.9 Å². The molecule has 0 saturated heterocycles. The SMILES string of the molecule is O=C(O)CS.O=C(O)c1ccccc1. The van der Waals surface area contributed by atoms with E-state index in [-0.39, 0.29) is 5.75 Å². The first-order valence-corrected chi connectivity index (χ1v) is 4.32. The van der Waals surface area contributed by atoms with Gasteiger partial charge in [-0.05, 0) is 12.1 Å². The molecular weight excluding hydrogens is 204 g/mol. The highest BCUT2D eigenvalue weighted by Gasteiger charge is 1.96. The summed E-state index contributed by atoms with van der Waals surface area (Å²) in [6, 6.07) is 8.30. The number of thiol groups is 1. The van der Waals surface area contributed by atoms with Crippen molar-refractivity contribution in [2.75, 3.05) is 5.75 Å². The summed E-state index contributed by atoms with van der Waals surface area (Å²) in [5.74, 6) is -1.84. The minimum absolute atomic E-state index is 0.0833. The molecule has 1 aromatic rings. The van der Waals surface area contributed by atoms with Crippen LogP contribution in [0.1, 0.15) is 10.4 Å². The van der Waals surface area contributed by atoms with E-state index in [1.54, 1.807) is 30.3 Å². The smallest absolute Gasteiger partial charge is 0.335 e. The molecule has 0 heterocycles. The standard InChI is InChI=1S/C7H6O2.C2H4O2S/c8-7(9)6-4-2-1-3-5-6;3-2(4)1-5/h1-5H,(H,8,9);5H,1H2,(H,3,4). The summed E-state index contributed by atoms with van der Waals surface area (Å²) < 4.78 is 0. The molecule has 2 N–H and O–H groups in total. The molecule has 0 aliphatic rings. The van der Waals surface area contributed by atoms with Gasteiger partial charge in [0.25, 0.3) is 0 Å². The van der Waals surface area contributed by atoms with E-state index < -0.39 is 11.9 Å². The van der Waals surface area contributed by atoms with Crippen LogP contribution in [0.5, 0.6) is 0 Å². The Morgan fingerprint density at radius 2 is 1.57 bits per heavy atom. The quantitative estimate of drug-likeness (QED) is 0.650. The number of hydrogen-bond acceptors (Lipinski definition) is 3. The van der Waals surface area contributed by atoms with Gasteiger partial charge in [-0.3, -0.25) is 4.79 Å². The van der Waals surface area contributed by atoms with Gasteiger partial charge in [-0.2, -0.15) is 12.6 Å². The van der Waals surface area contributed by atoms with Crippen molar-refractivity contribution in [3.63, 3.8) is 0 Å². The van der Waals surface area contributed by atoms with Crippen molar-refractivity contribution >= 4 is 24.6 Å². The molecule has 76 valence electrons. The van der Waals surface area contributed by atoms with Gasteiger partial charge in [0.05, 0.1) is 11.3 Å². The van der Waals surface area contributed by atoms with Crippen molar-refractivity contribution in [3.05, 3.63) is 35.9 Å². The minimum Gasteiger partial charge on any atom is -0.481 e. The number of aromatic carboxylic acids is 1. The number of rotatable bonds is 2. The maximum absolute atomic E-state index is 10.2. The number of carbonyl (C=O) groups is 2. The highest BCUT2D eigenvalue weighted by atomic mass is 32.1. The Morgan fingerprint density at radius 3 is 1.79 bits per heavy atom. The minimum atomic E-state index is -0.881. The first kappa shape index (κ1) is 12.5. The van der Waals surface area contributed by atoms with Gasteiger partial charge < -0.3 is 10.2 Å². The first-order chi connectivity index (χ1) is 6.57. The number of carboxylic acid groups (broad SMARTS) is 2. The van der Waals surface area contributed by atoms with E-state index >= 15 is 0 Å². The molecule has 0 aliphatic heterocycles. The van der Waals surface area contributed by atoms with Crippen LogP contribution in [0.25, 0.3) is 0 Å². The molecule has 0 saturated carbocycles. The summed E-state index contributed by atoms with van der Waals surface area (Å²) in [5.41, 5.74) is 0.331. The second kappa shape index (κ2) is 6.97. The topological polar surface area (TPSA) is 74.6 Å². The Labute approximate surface area is 86.6 Å². The number of hydrogen-bond donors (Lipinski definition) is 3. The summed E-state index contributed by atoms with van der Waals surface area (Å²) in [6.07, 6.45) is 0. The average molecular weight is 214 g/mol. The fourth-order valence-electron chi connectivity index (χ4n) is 0.581.